The normalized spacial score (nSPS) is 18.7. The molecule has 0 aliphatic carbocycles. The molecule has 0 bridgehead atoms. The average Bonchev–Trinajstić information content (AvgIpc) is 3.33. The first kappa shape index (κ1) is 64.2. The molecule has 68 heavy (non-hydrogen) atoms. The van der Waals surface area contributed by atoms with E-state index in [9.17, 15) is 29.7 Å². The molecule has 11 nitrogen and oxygen atoms in total. The van der Waals surface area contributed by atoms with Crippen LogP contribution in [0, 0.1) is 0 Å². The summed E-state index contributed by atoms with van der Waals surface area (Å²) in [5.74, 6) is -0.954. The fourth-order valence-electron chi connectivity index (χ4n) is 9.22. The number of rotatable bonds is 50. The molecule has 1 heterocycles. The van der Waals surface area contributed by atoms with Crippen molar-refractivity contribution in [2.45, 2.75) is 327 Å². The molecular weight excluding hydrogens is 859 g/mol. The van der Waals surface area contributed by atoms with Gasteiger partial charge in [-0.15, -0.1) is 0 Å². The van der Waals surface area contributed by atoms with Crippen LogP contribution in [0.2, 0.25) is 0 Å². The predicted octanol–water partition coefficient (Wildman–Crippen LogP) is 13.8. The Morgan fingerprint density at radius 2 is 0.765 bits per heavy atom. The van der Waals surface area contributed by atoms with Gasteiger partial charge in [0.1, 0.15) is 31.0 Å². The highest BCUT2D eigenvalue weighted by Gasteiger charge is 2.44. The number of aliphatic hydroxyl groups excluding tert-OH is 3. The van der Waals surface area contributed by atoms with E-state index in [0.717, 1.165) is 57.8 Å². The maximum atomic E-state index is 13.0. The summed E-state index contributed by atoms with van der Waals surface area (Å²) in [7, 11) is 0. The molecule has 4 N–H and O–H groups in total. The molecule has 402 valence electrons. The first-order chi connectivity index (χ1) is 33.2. The molecule has 1 unspecified atom stereocenters. The van der Waals surface area contributed by atoms with E-state index >= 15 is 0 Å². The van der Waals surface area contributed by atoms with Crippen molar-refractivity contribution in [2.75, 3.05) is 19.8 Å². The molecule has 0 spiro atoms. The van der Waals surface area contributed by atoms with Crippen LogP contribution in [-0.4, -0.2) is 89.7 Å². The molecule has 0 aromatic rings. The lowest BCUT2D eigenvalue weighted by atomic mass is 9.98. The van der Waals surface area contributed by atoms with Gasteiger partial charge in [-0.05, 0) is 19.3 Å². The monoisotopic (exact) mass is 968 g/mol. The molecule has 0 saturated carbocycles. The summed E-state index contributed by atoms with van der Waals surface area (Å²) in [5.41, 5.74) is 0. The summed E-state index contributed by atoms with van der Waals surface area (Å²) in [6, 6.07) is 0. The topological polar surface area (TPSA) is 161 Å². The number of carbonyl (C=O) groups is 3. The van der Waals surface area contributed by atoms with Gasteiger partial charge in [0.2, 0.25) is 5.91 Å². The van der Waals surface area contributed by atoms with E-state index in [4.69, 9.17) is 18.9 Å². The summed E-state index contributed by atoms with van der Waals surface area (Å²) < 4.78 is 23.1. The Hall–Kier alpha value is -1.79. The molecule has 1 amide bonds. The molecule has 1 saturated heterocycles. The number of aliphatic hydroxyl groups is 3. The van der Waals surface area contributed by atoms with Crippen molar-refractivity contribution in [3.05, 3.63) is 0 Å². The molecule has 1 aliphatic rings. The third kappa shape index (κ3) is 38.0. The van der Waals surface area contributed by atoms with E-state index in [1.807, 2.05) is 0 Å². The van der Waals surface area contributed by atoms with E-state index < -0.39 is 42.8 Å². The van der Waals surface area contributed by atoms with Crippen LogP contribution in [0.25, 0.3) is 0 Å². The maximum absolute atomic E-state index is 13.0. The van der Waals surface area contributed by atoms with Gasteiger partial charge in [0.25, 0.3) is 0 Å². The summed E-state index contributed by atoms with van der Waals surface area (Å²) in [5, 5.41) is 35.0. The maximum Gasteiger partial charge on any atom is 0.306 e. The highest BCUT2D eigenvalue weighted by Crippen LogP contribution is 2.23. The van der Waals surface area contributed by atoms with Crippen LogP contribution in [0.5, 0.6) is 0 Å². The first-order valence-electron chi connectivity index (χ1n) is 29.2. The van der Waals surface area contributed by atoms with E-state index in [1.165, 1.54) is 186 Å². The molecule has 0 radical (unpaired) electrons. The van der Waals surface area contributed by atoms with Crippen molar-refractivity contribution < 1.29 is 48.7 Å². The molecule has 0 aromatic carbocycles. The van der Waals surface area contributed by atoms with Gasteiger partial charge >= 0.3 is 11.9 Å². The smallest absolute Gasteiger partial charge is 0.306 e. The predicted molar refractivity (Wildman–Crippen MR) is 277 cm³/mol. The fourth-order valence-corrected chi connectivity index (χ4v) is 9.22. The first-order valence-corrected chi connectivity index (χ1v) is 29.2. The van der Waals surface area contributed by atoms with E-state index in [0.29, 0.717) is 12.8 Å². The Kier molecular flexibility index (Phi) is 44.9. The van der Waals surface area contributed by atoms with Crippen molar-refractivity contribution >= 4 is 17.8 Å². The second-order valence-electron chi connectivity index (χ2n) is 20.4. The van der Waals surface area contributed by atoms with Crippen LogP contribution >= 0.6 is 0 Å². The number of unbranched alkanes of at least 4 members (excludes halogenated alkanes) is 36. The molecule has 6 atom stereocenters. The van der Waals surface area contributed by atoms with Crippen molar-refractivity contribution in [3.63, 3.8) is 0 Å². The van der Waals surface area contributed by atoms with Gasteiger partial charge in [0, 0.05) is 25.8 Å². The Morgan fingerprint density at radius 1 is 0.426 bits per heavy atom. The number of carbonyl (C=O) groups excluding carboxylic acids is 3. The Labute approximate surface area is 417 Å². The van der Waals surface area contributed by atoms with Gasteiger partial charge in [-0.25, -0.2) is 0 Å². The zero-order chi connectivity index (χ0) is 49.6. The number of amides is 1. The third-order valence-corrected chi connectivity index (χ3v) is 13.8. The van der Waals surface area contributed by atoms with Gasteiger partial charge in [0.05, 0.1) is 6.61 Å². The minimum atomic E-state index is -1.59. The van der Waals surface area contributed by atoms with E-state index in [-0.39, 0.29) is 44.5 Å². The van der Waals surface area contributed by atoms with Gasteiger partial charge < -0.3 is 39.6 Å². The minimum absolute atomic E-state index is 0.0730. The SMILES string of the molecule is CCCCCCCCCCCCCCCC(=O)NC[C@H]1O[C@H](OCC(COC(=O)CCCCCCCCCCCCCCC)OC(=O)CCCCCCCCCCCCCCC)[C@H](O)[C@@H](O)[C@@H]1O. The van der Waals surface area contributed by atoms with Crippen molar-refractivity contribution in [1.29, 1.82) is 0 Å². The Bertz CT molecular complexity index is 1140. The lowest BCUT2D eigenvalue weighted by Crippen LogP contribution is -2.60. The Balaban J connectivity index is 2.52. The van der Waals surface area contributed by atoms with Crippen LogP contribution in [0.1, 0.15) is 290 Å². The van der Waals surface area contributed by atoms with Crippen LogP contribution in [0.15, 0.2) is 0 Å². The molecule has 1 fully saturated rings. The number of ether oxygens (including phenoxy) is 4. The third-order valence-electron chi connectivity index (χ3n) is 13.8. The van der Waals surface area contributed by atoms with Crippen molar-refractivity contribution in [3.8, 4) is 0 Å². The van der Waals surface area contributed by atoms with E-state index in [2.05, 4.69) is 26.1 Å². The Morgan fingerprint density at radius 3 is 1.15 bits per heavy atom. The summed E-state index contributed by atoms with van der Waals surface area (Å²) in [6.07, 6.45) is 40.2. The second-order valence-corrected chi connectivity index (χ2v) is 20.4. The molecule has 0 aromatic heterocycles. The van der Waals surface area contributed by atoms with Gasteiger partial charge in [0.15, 0.2) is 12.4 Å². The van der Waals surface area contributed by atoms with Crippen molar-refractivity contribution in [2.24, 2.45) is 0 Å². The average molecular weight is 968 g/mol. The molecule has 1 aliphatic heterocycles. The quantitative estimate of drug-likeness (QED) is 0.0341. The van der Waals surface area contributed by atoms with Gasteiger partial charge in [-0.3, -0.25) is 14.4 Å². The lowest BCUT2D eigenvalue weighted by Gasteiger charge is -2.40. The molecular formula is C57H109NO10. The highest BCUT2D eigenvalue weighted by molar-refractivity contribution is 5.75. The van der Waals surface area contributed by atoms with E-state index in [1.54, 1.807) is 0 Å². The number of esters is 2. The summed E-state index contributed by atoms with van der Waals surface area (Å²) in [4.78, 5) is 38.5. The summed E-state index contributed by atoms with van der Waals surface area (Å²) in [6.45, 7) is 6.20. The van der Waals surface area contributed by atoms with Crippen LogP contribution < -0.4 is 5.32 Å². The molecule has 11 heteroatoms. The summed E-state index contributed by atoms with van der Waals surface area (Å²) >= 11 is 0. The molecule has 1 rings (SSSR count). The zero-order valence-electron chi connectivity index (χ0n) is 44.5. The number of hydrogen-bond donors (Lipinski definition) is 4. The lowest BCUT2D eigenvalue weighted by molar-refractivity contribution is -0.299. The highest BCUT2D eigenvalue weighted by atomic mass is 16.7. The van der Waals surface area contributed by atoms with Crippen LogP contribution in [0.4, 0.5) is 0 Å². The van der Waals surface area contributed by atoms with Crippen LogP contribution in [-0.2, 0) is 33.3 Å². The van der Waals surface area contributed by atoms with Crippen molar-refractivity contribution in [1.82, 2.24) is 5.32 Å². The largest absolute Gasteiger partial charge is 0.462 e. The standard InChI is InChI=1S/C57H109NO10/c1-4-7-10-13-16-19-22-25-28-31-34-37-40-43-51(59)58-46-50-54(62)55(63)56(64)57(68-50)66-48-49(67-53(61)45-42-39-36-33-30-27-24-21-18-15-12-9-6-3)47-65-52(60)44-41-38-35-32-29-26-23-20-17-14-11-8-5-2/h49-50,54-57,62-64H,4-48H2,1-3H3,(H,58,59)/t49?,50-,54-,55+,56-,57+/m1/s1. The van der Waals surface area contributed by atoms with Gasteiger partial charge in [-0.2, -0.15) is 0 Å². The number of hydrogen-bond acceptors (Lipinski definition) is 10. The van der Waals surface area contributed by atoms with Crippen LogP contribution in [0.3, 0.4) is 0 Å². The number of nitrogens with one attached hydrogen (secondary N) is 1. The minimum Gasteiger partial charge on any atom is -0.462 e. The second kappa shape index (κ2) is 47.5. The van der Waals surface area contributed by atoms with Gasteiger partial charge in [-0.1, -0.05) is 252 Å². The zero-order valence-corrected chi connectivity index (χ0v) is 44.5. The fraction of sp³-hybridized carbons (Fsp3) is 0.947.